The lowest BCUT2D eigenvalue weighted by atomic mass is 10.2. The maximum absolute atomic E-state index is 11.7. The van der Waals surface area contributed by atoms with Crippen LogP contribution in [0.3, 0.4) is 0 Å². The van der Waals surface area contributed by atoms with E-state index in [1.165, 1.54) is 6.26 Å². The first-order chi connectivity index (χ1) is 7.33. The van der Waals surface area contributed by atoms with Crippen LogP contribution in [0.1, 0.15) is 0 Å². The van der Waals surface area contributed by atoms with Crippen LogP contribution in [-0.2, 0) is 0 Å². The third-order valence-corrected chi connectivity index (χ3v) is 1.94. The van der Waals surface area contributed by atoms with Gasteiger partial charge in [-0.2, -0.15) is 5.26 Å². The quantitative estimate of drug-likeness (QED) is 0.741. The van der Waals surface area contributed by atoms with Gasteiger partial charge in [-0.1, -0.05) is 12.1 Å². The Hall–Kier alpha value is -2.28. The molecule has 1 heterocycles. The molecule has 2 aromatic rings. The van der Waals surface area contributed by atoms with E-state index in [0.29, 0.717) is 11.0 Å². The number of hydrogen-bond donors (Lipinski definition) is 0. The first-order valence-electron chi connectivity index (χ1n) is 4.33. The Morgan fingerprint density at radius 3 is 3.00 bits per heavy atom. The molecule has 0 radical (unpaired) electrons. The van der Waals surface area contributed by atoms with E-state index in [4.69, 9.17) is 14.4 Å². The summed E-state index contributed by atoms with van der Waals surface area (Å²) in [5.41, 5.74) is 0.249. The molecule has 0 aliphatic rings. The van der Waals surface area contributed by atoms with E-state index in [9.17, 15) is 4.79 Å². The number of rotatable bonds is 2. The fourth-order valence-corrected chi connectivity index (χ4v) is 1.27. The first kappa shape index (κ1) is 9.28. The maximum Gasteiger partial charge on any atom is 0.234 e. The summed E-state index contributed by atoms with van der Waals surface area (Å²) >= 11 is 0. The smallest absolute Gasteiger partial charge is 0.234 e. The van der Waals surface area contributed by atoms with E-state index in [0.717, 1.165) is 0 Å². The van der Waals surface area contributed by atoms with Crippen LogP contribution in [0, 0.1) is 11.3 Å². The van der Waals surface area contributed by atoms with Gasteiger partial charge in [-0.15, -0.1) is 0 Å². The van der Waals surface area contributed by atoms with Crippen molar-refractivity contribution in [1.29, 1.82) is 5.26 Å². The summed E-state index contributed by atoms with van der Waals surface area (Å²) in [7, 11) is 0. The second-order valence-corrected chi connectivity index (χ2v) is 2.87. The van der Waals surface area contributed by atoms with E-state index in [1.807, 2.05) is 0 Å². The van der Waals surface area contributed by atoms with Gasteiger partial charge in [0.1, 0.15) is 17.9 Å². The minimum absolute atomic E-state index is 0.0650. The normalized spacial score (nSPS) is 9.80. The minimum atomic E-state index is -0.257. The average Bonchev–Trinajstić information content (AvgIpc) is 2.29. The molecule has 0 saturated heterocycles. The monoisotopic (exact) mass is 201 g/mol. The largest absolute Gasteiger partial charge is 0.471 e. The maximum atomic E-state index is 11.7. The molecule has 4 nitrogen and oxygen atoms in total. The fraction of sp³-hybridized carbons (Fsp3) is 0.0909. The highest BCUT2D eigenvalue weighted by Crippen LogP contribution is 2.13. The van der Waals surface area contributed by atoms with Crippen molar-refractivity contribution in [2.45, 2.75) is 0 Å². The first-order valence-corrected chi connectivity index (χ1v) is 4.33. The fourth-order valence-electron chi connectivity index (χ4n) is 1.27. The molecule has 0 fully saturated rings. The standard InChI is InChI=1S/C11H7NO3/c12-5-6-14-10-7-15-9-4-2-1-3-8(9)11(10)13/h1-4,7H,6H2. The van der Waals surface area contributed by atoms with Crippen molar-refractivity contribution in [3.05, 3.63) is 40.8 Å². The molecule has 74 valence electrons. The summed E-state index contributed by atoms with van der Waals surface area (Å²) in [6.45, 7) is -0.164. The van der Waals surface area contributed by atoms with Gasteiger partial charge >= 0.3 is 0 Å². The topological polar surface area (TPSA) is 63.2 Å². The van der Waals surface area contributed by atoms with Crippen molar-refractivity contribution in [3.8, 4) is 11.8 Å². The summed E-state index contributed by atoms with van der Waals surface area (Å²) in [6.07, 6.45) is 1.22. The van der Waals surface area contributed by atoms with Gasteiger partial charge in [-0.05, 0) is 12.1 Å². The lowest BCUT2D eigenvalue weighted by Crippen LogP contribution is -2.07. The zero-order chi connectivity index (χ0) is 10.7. The lowest BCUT2D eigenvalue weighted by molar-refractivity contribution is 0.352. The predicted octanol–water partition coefficient (Wildman–Crippen LogP) is 1.70. The molecule has 15 heavy (non-hydrogen) atoms. The molecule has 2 rings (SSSR count). The Balaban J connectivity index is 2.57. The number of nitriles is 1. The SMILES string of the molecule is N#CCOc1coc2ccccc2c1=O. The van der Waals surface area contributed by atoms with Crippen LogP contribution in [0.15, 0.2) is 39.7 Å². The molecule has 0 amide bonds. The van der Waals surface area contributed by atoms with E-state index in [1.54, 1.807) is 30.3 Å². The van der Waals surface area contributed by atoms with Crippen LogP contribution in [-0.4, -0.2) is 6.61 Å². The van der Waals surface area contributed by atoms with Crippen molar-refractivity contribution in [3.63, 3.8) is 0 Å². The van der Waals surface area contributed by atoms with Crippen molar-refractivity contribution in [1.82, 2.24) is 0 Å². The second-order valence-electron chi connectivity index (χ2n) is 2.87. The van der Waals surface area contributed by atoms with Gasteiger partial charge in [0.2, 0.25) is 11.2 Å². The molecule has 0 atom stereocenters. The number of benzene rings is 1. The molecular formula is C11H7NO3. The number of para-hydroxylation sites is 1. The van der Waals surface area contributed by atoms with E-state index in [-0.39, 0.29) is 17.8 Å². The molecule has 0 aliphatic heterocycles. The minimum Gasteiger partial charge on any atom is -0.471 e. The van der Waals surface area contributed by atoms with E-state index in [2.05, 4.69) is 0 Å². The summed E-state index contributed by atoms with van der Waals surface area (Å²) in [5.74, 6) is 0.0650. The van der Waals surface area contributed by atoms with E-state index < -0.39 is 0 Å². The molecule has 0 unspecified atom stereocenters. The van der Waals surface area contributed by atoms with Crippen molar-refractivity contribution >= 4 is 11.0 Å². The summed E-state index contributed by atoms with van der Waals surface area (Å²) in [4.78, 5) is 11.7. The Labute approximate surface area is 85.3 Å². The molecule has 4 heteroatoms. The summed E-state index contributed by atoms with van der Waals surface area (Å²) < 4.78 is 10.1. The number of fused-ring (bicyclic) bond motifs is 1. The van der Waals surface area contributed by atoms with Crippen LogP contribution in [0.25, 0.3) is 11.0 Å². The van der Waals surface area contributed by atoms with E-state index >= 15 is 0 Å². The molecular weight excluding hydrogens is 194 g/mol. The highest BCUT2D eigenvalue weighted by molar-refractivity contribution is 5.77. The summed E-state index contributed by atoms with van der Waals surface area (Å²) in [5, 5.41) is 8.78. The van der Waals surface area contributed by atoms with Gasteiger partial charge in [-0.25, -0.2) is 0 Å². The van der Waals surface area contributed by atoms with Crippen LogP contribution in [0.2, 0.25) is 0 Å². The Kier molecular flexibility index (Phi) is 2.38. The van der Waals surface area contributed by atoms with Gasteiger partial charge in [0, 0.05) is 0 Å². The Morgan fingerprint density at radius 2 is 2.20 bits per heavy atom. The number of hydrogen-bond acceptors (Lipinski definition) is 4. The highest BCUT2D eigenvalue weighted by atomic mass is 16.5. The van der Waals surface area contributed by atoms with Gasteiger partial charge in [0.05, 0.1) is 5.39 Å². The van der Waals surface area contributed by atoms with Crippen LogP contribution < -0.4 is 10.2 Å². The summed E-state index contributed by atoms with van der Waals surface area (Å²) in [6, 6.07) is 8.66. The van der Waals surface area contributed by atoms with Crippen molar-refractivity contribution in [2.24, 2.45) is 0 Å². The lowest BCUT2D eigenvalue weighted by Gasteiger charge is -2.00. The highest BCUT2D eigenvalue weighted by Gasteiger charge is 2.06. The molecule has 0 spiro atoms. The van der Waals surface area contributed by atoms with Gasteiger partial charge in [0.25, 0.3) is 0 Å². The van der Waals surface area contributed by atoms with Crippen LogP contribution in [0.5, 0.6) is 5.75 Å². The molecule has 0 bridgehead atoms. The van der Waals surface area contributed by atoms with Gasteiger partial charge in [0.15, 0.2) is 6.61 Å². The molecule has 1 aromatic heterocycles. The second kappa shape index (κ2) is 3.84. The number of nitrogens with zero attached hydrogens (tertiary/aromatic N) is 1. The third kappa shape index (κ3) is 1.67. The molecule has 1 aromatic carbocycles. The van der Waals surface area contributed by atoms with Crippen LogP contribution >= 0.6 is 0 Å². The van der Waals surface area contributed by atoms with Gasteiger partial charge < -0.3 is 9.15 Å². The van der Waals surface area contributed by atoms with Crippen LogP contribution in [0.4, 0.5) is 0 Å². The molecule has 0 saturated carbocycles. The van der Waals surface area contributed by atoms with Crippen molar-refractivity contribution in [2.75, 3.05) is 6.61 Å². The Bertz CT molecular complexity index is 580. The third-order valence-electron chi connectivity index (χ3n) is 1.94. The average molecular weight is 201 g/mol. The van der Waals surface area contributed by atoms with Gasteiger partial charge in [-0.3, -0.25) is 4.79 Å². The number of ether oxygens (including phenoxy) is 1. The van der Waals surface area contributed by atoms with Crippen molar-refractivity contribution < 1.29 is 9.15 Å². The zero-order valence-electron chi connectivity index (χ0n) is 7.77. The zero-order valence-corrected chi connectivity index (χ0v) is 7.77. The Morgan fingerprint density at radius 1 is 1.40 bits per heavy atom. The molecule has 0 aliphatic carbocycles. The molecule has 0 N–H and O–H groups in total. The predicted molar refractivity (Wildman–Crippen MR) is 53.6 cm³/mol.